The molecule has 2 rings (SSSR count). The molecule has 0 saturated heterocycles. The first-order chi connectivity index (χ1) is 7.69. The van der Waals surface area contributed by atoms with Crippen molar-refractivity contribution in [2.45, 2.75) is 33.4 Å². The van der Waals surface area contributed by atoms with Crippen molar-refractivity contribution in [2.75, 3.05) is 19.6 Å². The first-order valence-corrected chi connectivity index (χ1v) is 6.15. The highest BCUT2D eigenvalue weighted by molar-refractivity contribution is 5.23. The number of hydrogen-bond acceptors (Lipinski definition) is 3. The van der Waals surface area contributed by atoms with E-state index in [9.17, 15) is 0 Å². The van der Waals surface area contributed by atoms with E-state index in [1.807, 2.05) is 0 Å². The van der Waals surface area contributed by atoms with Crippen LogP contribution in [0.4, 0.5) is 0 Å². The summed E-state index contributed by atoms with van der Waals surface area (Å²) in [7, 11) is 2.13. The van der Waals surface area contributed by atoms with Gasteiger partial charge >= 0.3 is 0 Å². The van der Waals surface area contributed by atoms with Gasteiger partial charge in [0.05, 0.1) is 17.4 Å². The summed E-state index contributed by atoms with van der Waals surface area (Å²) in [6, 6.07) is 0.477. The first kappa shape index (κ1) is 11.6. The molecular weight excluding hydrogens is 200 g/mol. The highest BCUT2D eigenvalue weighted by Crippen LogP contribution is 2.27. The van der Waals surface area contributed by atoms with Gasteiger partial charge in [0.25, 0.3) is 0 Å². The van der Waals surface area contributed by atoms with Crippen molar-refractivity contribution in [3.8, 4) is 0 Å². The molecule has 90 valence electrons. The SMILES string of the molecule is CCN(CC)C1CNCc2nc(C)n(C)c21. The summed E-state index contributed by atoms with van der Waals surface area (Å²) in [5.41, 5.74) is 2.63. The van der Waals surface area contributed by atoms with E-state index in [0.29, 0.717) is 6.04 Å². The summed E-state index contributed by atoms with van der Waals surface area (Å²) in [5, 5.41) is 3.46. The number of rotatable bonds is 3. The van der Waals surface area contributed by atoms with Crippen molar-refractivity contribution in [1.29, 1.82) is 0 Å². The molecule has 16 heavy (non-hydrogen) atoms. The molecular formula is C12H22N4. The van der Waals surface area contributed by atoms with E-state index in [1.54, 1.807) is 0 Å². The minimum atomic E-state index is 0.477. The van der Waals surface area contributed by atoms with Gasteiger partial charge in [-0.15, -0.1) is 0 Å². The molecule has 1 N–H and O–H groups in total. The summed E-state index contributed by atoms with van der Waals surface area (Å²) in [6.07, 6.45) is 0. The summed E-state index contributed by atoms with van der Waals surface area (Å²) in [6.45, 7) is 10.7. The second-order valence-electron chi connectivity index (χ2n) is 4.42. The number of aromatic nitrogens is 2. The van der Waals surface area contributed by atoms with E-state index < -0.39 is 0 Å². The number of likely N-dealkylation sites (N-methyl/N-ethyl adjacent to an activating group) is 1. The van der Waals surface area contributed by atoms with Crippen LogP contribution in [0.1, 0.15) is 37.1 Å². The molecule has 0 amide bonds. The molecule has 1 atom stereocenters. The summed E-state index contributed by atoms with van der Waals surface area (Å²) in [5.74, 6) is 1.12. The highest BCUT2D eigenvalue weighted by atomic mass is 15.2. The lowest BCUT2D eigenvalue weighted by Crippen LogP contribution is -2.40. The third-order valence-electron chi connectivity index (χ3n) is 3.64. The highest BCUT2D eigenvalue weighted by Gasteiger charge is 2.28. The van der Waals surface area contributed by atoms with Gasteiger partial charge in [-0.1, -0.05) is 13.8 Å². The molecule has 0 radical (unpaired) electrons. The molecule has 0 aliphatic carbocycles. The van der Waals surface area contributed by atoms with Crippen LogP contribution < -0.4 is 5.32 Å². The maximum atomic E-state index is 4.63. The zero-order valence-corrected chi connectivity index (χ0v) is 10.7. The van der Waals surface area contributed by atoms with Crippen molar-refractivity contribution in [2.24, 2.45) is 7.05 Å². The third kappa shape index (κ3) is 1.76. The molecule has 4 heteroatoms. The summed E-state index contributed by atoms with van der Waals surface area (Å²) in [4.78, 5) is 7.12. The maximum Gasteiger partial charge on any atom is 0.105 e. The minimum Gasteiger partial charge on any atom is -0.334 e. The Morgan fingerprint density at radius 3 is 2.75 bits per heavy atom. The normalized spacial score (nSPS) is 20.2. The lowest BCUT2D eigenvalue weighted by molar-refractivity contribution is 0.196. The van der Waals surface area contributed by atoms with Gasteiger partial charge in [0.1, 0.15) is 5.82 Å². The predicted octanol–water partition coefficient (Wildman–Crippen LogP) is 1.21. The molecule has 2 heterocycles. The molecule has 0 bridgehead atoms. The fourth-order valence-corrected chi connectivity index (χ4v) is 2.63. The Labute approximate surface area is 97.7 Å². The predicted molar refractivity (Wildman–Crippen MR) is 65.3 cm³/mol. The molecule has 1 aromatic heterocycles. The van der Waals surface area contributed by atoms with Crippen LogP contribution in [-0.4, -0.2) is 34.1 Å². The zero-order valence-electron chi connectivity index (χ0n) is 10.7. The number of imidazole rings is 1. The zero-order chi connectivity index (χ0) is 11.7. The first-order valence-electron chi connectivity index (χ1n) is 6.15. The Morgan fingerprint density at radius 1 is 1.44 bits per heavy atom. The molecule has 0 aromatic carbocycles. The molecule has 0 fully saturated rings. The Hall–Kier alpha value is -0.870. The van der Waals surface area contributed by atoms with Crippen LogP contribution in [0.25, 0.3) is 0 Å². The van der Waals surface area contributed by atoms with E-state index >= 15 is 0 Å². The number of nitrogens with zero attached hydrogens (tertiary/aromatic N) is 3. The fourth-order valence-electron chi connectivity index (χ4n) is 2.63. The standard InChI is InChI=1S/C12H22N4/c1-5-16(6-2)11-8-13-7-10-12(11)15(4)9(3)14-10/h11,13H,5-8H2,1-4H3. The van der Waals surface area contributed by atoms with Crippen LogP contribution in [0.5, 0.6) is 0 Å². The molecule has 4 nitrogen and oxygen atoms in total. The van der Waals surface area contributed by atoms with Crippen molar-refractivity contribution < 1.29 is 0 Å². The lowest BCUT2D eigenvalue weighted by Gasteiger charge is -2.33. The fraction of sp³-hybridized carbons (Fsp3) is 0.750. The van der Waals surface area contributed by atoms with Gasteiger partial charge in [0.15, 0.2) is 0 Å². The summed E-state index contributed by atoms with van der Waals surface area (Å²) < 4.78 is 2.25. The van der Waals surface area contributed by atoms with Crippen molar-refractivity contribution in [3.05, 3.63) is 17.2 Å². The van der Waals surface area contributed by atoms with Crippen LogP contribution in [0.15, 0.2) is 0 Å². The van der Waals surface area contributed by atoms with E-state index in [1.165, 1.54) is 11.4 Å². The van der Waals surface area contributed by atoms with Gasteiger partial charge in [0.2, 0.25) is 0 Å². The van der Waals surface area contributed by atoms with Gasteiger partial charge in [-0.3, -0.25) is 4.90 Å². The van der Waals surface area contributed by atoms with Crippen LogP contribution in [0, 0.1) is 6.92 Å². The Balaban J connectivity index is 2.38. The third-order valence-corrected chi connectivity index (χ3v) is 3.64. The van der Waals surface area contributed by atoms with E-state index in [4.69, 9.17) is 0 Å². The number of nitrogens with one attached hydrogen (secondary N) is 1. The van der Waals surface area contributed by atoms with Gasteiger partial charge in [0, 0.05) is 20.1 Å². The Kier molecular flexibility index (Phi) is 3.30. The second-order valence-corrected chi connectivity index (χ2v) is 4.42. The second kappa shape index (κ2) is 4.55. The number of aryl methyl sites for hydroxylation is 1. The Bertz CT molecular complexity index is 365. The Morgan fingerprint density at radius 2 is 2.12 bits per heavy atom. The molecule has 1 unspecified atom stereocenters. The lowest BCUT2D eigenvalue weighted by atomic mass is 10.1. The average molecular weight is 222 g/mol. The van der Waals surface area contributed by atoms with Crippen molar-refractivity contribution in [3.63, 3.8) is 0 Å². The van der Waals surface area contributed by atoms with Gasteiger partial charge in [-0.05, 0) is 20.0 Å². The van der Waals surface area contributed by atoms with Crippen LogP contribution in [0.3, 0.4) is 0 Å². The largest absolute Gasteiger partial charge is 0.334 e. The van der Waals surface area contributed by atoms with Crippen molar-refractivity contribution in [1.82, 2.24) is 19.8 Å². The van der Waals surface area contributed by atoms with Crippen molar-refractivity contribution >= 4 is 0 Å². The molecule has 1 aliphatic rings. The topological polar surface area (TPSA) is 33.1 Å². The maximum absolute atomic E-state index is 4.63. The monoisotopic (exact) mass is 222 g/mol. The number of hydrogen-bond donors (Lipinski definition) is 1. The van der Waals surface area contributed by atoms with Gasteiger partial charge in [-0.2, -0.15) is 0 Å². The van der Waals surface area contributed by atoms with Crippen LogP contribution in [-0.2, 0) is 13.6 Å². The average Bonchev–Trinajstić information content (AvgIpc) is 2.57. The quantitative estimate of drug-likeness (QED) is 0.834. The van der Waals surface area contributed by atoms with Crippen LogP contribution >= 0.6 is 0 Å². The smallest absolute Gasteiger partial charge is 0.105 e. The van der Waals surface area contributed by atoms with E-state index in [2.05, 4.69) is 47.6 Å². The van der Waals surface area contributed by atoms with Crippen LogP contribution in [0.2, 0.25) is 0 Å². The minimum absolute atomic E-state index is 0.477. The molecule has 1 aromatic rings. The van der Waals surface area contributed by atoms with Gasteiger partial charge in [-0.25, -0.2) is 4.98 Å². The molecule has 0 spiro atoms. The summed E-state index contributed by atoms with van der Waals surface area (Å²) >= 11 is 0. The van der Waals surface area contributed by atoms with E-state index in [0.717, 1.165) is 32.0 Å². The number of fused-ring (bicyclic) bond motifs is 1. The molecule has 1 aliphatic heterocycles. The van der Waals surface area contributed by atoms with Gasteiger partial charge < -0.3 is 9.88 Å². The van der Waals surface area contributed by atoms with E-state index in [-0.39, 0.29) is 0 Å². The molecule has 0 saturated carbocycles.